The molecule has 14 nitrogen and oxygen atoms in total. The molecule has 0 bridgehead atoms. The number of fused-ring (bicyclic) bond motifs is 1. The molecule has 1 aliphatic heterocycles. The van der Waals surface area contributed by atoms with E-state index in [1.807, 2.05) is 75.9 Å². The average Bonchev–Trinajstić information content (AvgIpc) is 3.82. The van der Waals surface area contributed by atoms with Crippen LogP contribution in [0.1, 0.15) is 92.6 Å². The Labute approximate surface area is 346 Å². The summed E-state index contributed by atoms with van der Waals surface area (Å²) in [6.45, 7) is 15.1. The van der Waals surface area contributed by atoms with E-state index in [1.165, 1.54) is 0 Å². The van der Waals surface area contributed by atoms with E-state index in [0.717, 1.165) is 29.3 Å². The molecule has 0 unspecified atom stereocenters. The van der Waals surface area contributed by atoms with Gasteiger partial charge in [0, 0.05) is 56.9 Å². The number of hydrogen-bond donors (Lipinski definition) is 4. The van der Waals surface area contributed by atoms with Crippen LogP contribution in [0.4, 0.5) is 0 Å². The highest BCUT2D eigenvalue weighted by Crippen LogP contribution is 2.30. The third-order valence-electron chi connectivity index (χ3n) is 12.2. The molecule has 0 aliphatic carbocycles. The third-order valence-corrected chi connectivity index (χ3v) is 12.2. The number of ether oxygens (including phenoxy) is 2. The number of carbonyl (C=O) groups is 5. The fraction of sp³-hybridized carbons (Fsp3) is 0.705. The van der Waals surface area contributed by atoms with Gasteiger partial charge >= 0.3 is 5.97 Å². The number of amides is 4. The minimum atomic E-state index is -0.897. The van der Waals surface area contributed by atoms with Crippen LogP contribution in [-0.4, -0.2) is 139 Å². The second kappa shape index (κ2) is 23.1. The van der Waals surface area contributed by atoms with Gasteiger partial charge in [0.2, 0.25) is 23.6 Å². The van der Waals surface area contributed by atoms with Crippen molar-refractivity contribution in [2.45, 2.75) is 130 Å². The predicted molar refractivity (Wildman–Crippen MR) is 226 cm³/mol. The number of rotatable bonds is 24. The first kappa shape index (κ1) is 48.5. The summed E-state index contributed by atoms with van der Waals surface area (Å²) in [5, 5.41) is 16.0. The Morgan fingerprint density at radius 2 is 1.60 bits per heavy atom. The number of para-hydroxylation sites is 1. The number of H-pyrrole nitrogens is 1. The molecule has 0 spiro atoms. The van der Waals surface area contributed by atoms with Gasteiger partial charge < -0.3 is 29.8 Å². The predicted octanol–water partition coefficient (Wildman–Crippen LogP) is 4.71. The molecule has 0 radical (unpaired) electrons. The van der Waals surface area contributed by atoms with Gasteiger partial charge in [-0.15, -0.1) is 0 Å². The van der Waals surface area contributed by atoms with Crippen LogP contribution in [0.2, 0.25) is 0 Å². The number of nitrogens with zero attached hydrogens (tertiary/aromatic N) is 3. The van der Waals surface area contributed by atoms with Crippen molar-refractivity contribution in [1.29, 1.82) is 0 Å². The zero-order valence-electron chi connectivity index (χ0n) is 36.9. The number of nitrogens with one attached hydrogen (secondary N) is 3. The number of benzene rings is 1. The Hall–Kier alpha value is -3.85. The van der Waals surface area contributed by atoms with Crippen LogP contribution in [0, 0.1) is 23.7 Å². The number of carbonyl (C=O) groups excluding carboxylic acids is 4. The maximum absolute atomic E-state index is 14.3. The molecule has 14 heteroatoms. The van der Waals surface area contributed by atoms with Crippen LogP contribution in [0.5, 0.6) is 0 Å². The van der Waals surface area contributed by atoms with Crippen LogP contribution >= 0.6 is 0 Å². The smallest absolute Gasteiger partial charge is 0.303 e. The summed E-state index contributed by atoms with van der Waals surface area (Å²) >= 11 is 0. The van der Waals surface area contributed by atoms with Crippen LogP contribution in [0.25, 0.3) is 10.9 Å². The first-order valence-electron chi connectivity index (χ1n) is 21.1. The van der Waals surface area contributed by atoms with E-state index >= 15 is 0 Å². The Balaban J connectivity index is 1.73. The van der Waals surface area contributed by atoms with Crippen molar-refractivity contribution in [2.75, 3.05) is 47.9 Å². The Kier molecular flexibility index (Phi) is 19.3. The van der Waals surface area contributed by atoms with E-state index in [1.54, 1.807) is 26.2 Å². The first-order chi connectivity index (χ1) is 27.5. The molecule has 1 saturated heterocycles. The highest BCUT2D eigenvalue weighted by Gasteiger charge is 2.43. The van der Waals surface area contributed by atoms with Crippen molar-refractivity contribution in [3.63, 3.8) is 0 Å². The quantitative estimate of drug-likeness (QED) is 0.116. The number of aromatic nitrogens is 1. The zero-order chi connectivity index (χ0) is 43.3. The lowest BCUT2D eigenvalue weighted by Gasteiger charge is -2.43. The second-order valence-corrected chi connectivity index (χ2v) is 16.9. The van der Waals surface area contributed by atoms with Crippen molar-refractivity contribution in [2.24, 2.45) is 23.7 Å². The normalized spacial score (nSPS) is 18.3. The molecular formula is C44H72N6O8. The summed E-state index contributed by atoms with van der Waals surface area (Å²) < 4.78 is 12.1. The first-order valence-corrected chi connectivity index (χ1v) is 21.1. The van der Waals surface area contributed by atoms with E-state index in [9.17, 15) is 24.0 Å². The third kappa shape index (κ3) is 12.6. The van der Waals surface area contributed by atoms with Crippen molar-refractivity contribution in [1.82, 2.24) is 30.3 Å². The van der Waals surface area contributed by atoms with Gasteiger partial charge in [-0.2, -0.15) is 0 Å². The number of methoxy groups -OCH3 is 2. The van der Waals surface area contributed by atoms with Gasteiger partial charge in [-0.05, 0) is 75.7 Å². The maximum atomic E-state index is 14.3. The molecule has 326 valence electrons. The summed E-state index contributed by atoms with van der Waals surface area (Å²) in [4.78, 5) is 75.4. The van der Waals surface area contributed by atoms with E-state index in [4.69, 9.17) is 14.6 Å². The molecule has 2 aromatic rings. The van der Waals surface area contributed by atoms with Crippen molar-refractivity contribution in [3.8, 4) is 0 Å². The van der Waals surface area contributed by atoms with E-state index in [2.05, 4.69) is 35.5 Å². The molecule has 4 amide bonds. The maximum Gasteiger partial charge on any atom is 0.303 e. The molecule has 1 aromatic carbocycles. The molecule has 0 saturated carbocycles. The molecule has 1 aromatic heterocycles. The molecule has 1 fully saturated rings. The number of carboxylic acid groups (broad SMARTS) is 1. The number of carboxylic acids is 1. The van der Waals surface area contributed by atoms with E-state index < -0.39 is 48.0 Å². The molecule has 3 rings (SSSR count). The largest absolute Gasteiger partial charge is 0.481 e. The summed E-state index contributed by atoms with van der Waals surface area (Å²) in [5.74, 6) is -2.79. The number of hydrogen-bond acceptors (Lipinski definition) is 9. The van der Waals surface area contributed by atoms with E-state index in [0.29, 0.717) is 38.9 Å². The van der Waals surface area contributed by atoms with E-state index in [-0.39, 0.29) is 54.5 Å². The van der Waals surface area contributed by atoms with Crippen LogP contribution < -0.4 is 10.6 Å². The van der Waals surface area contributed by atoms with Gasteiger partial charge in [0.1, 0.15) is 0 Å². The molecule has 1 aliphatic rings. The Morgan fingerprint density at radius 1 is 0.948 bits per heavy atom. The number of aliphatic carboxylic acids is 1. The van der Waals surface area contributed by atoms with Gasteiger partial charge in [-0.3, -0.25) is 39.1 Å². The van der Waals surface area contributed by atoms with Crippen molar-refractivity contribution in [3.05, 3.63) is 36.0 Å². The van der Waals surface area contributed by atoms with Gasteiger partial charge in [0.05, 0.1) is 42.7 Å². The van der Waals surface area contributed by atoms with Gasteiger partial charge in [-0.25, -0.2) is 0 Å². The number of imide groups is 1. The fourth-order valence-corrected chi connectivity index (χ4v) is 9.05. The average molecular weight is 813 g/mol. The van der Waals surface area contributed by atoms with Gasteiger partial charge in [0.15, 0.2) is 0 Å². The summed E-state index contributed by atoms with van der Waals surface area (Å²) in [6, 6.07) is 6.09. The van der Waals surface area contributed by atoms with Crippen molar-refractivity contribution >= 4 is 40.5 Å². The zero-order valence-corrected chi connectivity index (χ0v) is 36.9. The lowest BCUT2D eigenvalue weighted by atomic mass is 9.87. The Bertz CT molecular complexity index is 1650. The molecule has 2 heterocycles. The lowest BCUT2D eigenvalue weighted by molar-refractivity contribution is -0.144. The summed E-state index contributed by atoms with van der Waals surface area (Å²) in [7, 11) is 6.81. The molecule has 4 N–H and O–H groups in total. The Morgan fingerprint density at radius 3 is 2.21 bits per heavy atom. The van der Waals surface area contributed by atoms with Crippen LogP contribution in [0.15, 0.2) is 30.5 Å². The minimum Gasteiger partial charge on any atom is -0.481 e. The number of likely N-dealkylation sites (N-methyl/N-ethyl adjacent to an activating group) is 2. The van der Waals surface area contributed by atoms with Crippen LogP contribution in [-0.2, 0) is 39.9 Å². The summed E-state index contributed by atoms with van der Waals surface area (Å²) in [6.07, 6.45) is 4.27. The minimum absolute atomic E-state index is 0.00854. The van der Waals surface area contributed by atoms with Gasteiger partial charge in [0.25, 0.3) is 0 Å². The number of likely N-dealkylation sites (tertiary alicyclic amines) is 1. The standard InChI is InChI=1S/C44H72N6O8/c1-12-29(6)40(49(9)39(28(4)5)44(56)47-43(55)38(27(2)3)48(8)23-16-20-37(52)53)35(57-10)25-36(51)50-24-15-19-34(50)41(58-11)30(7)42(54)45-22-21-31-26-46-33-18-14-13-17-32(31)33/h13-14,17-18,26-30,34-35,38-41,46H,12,15-16,19-25H2,1-11H3,(H,45,54)(H,52,53)(H,47,55,56)/t29-,30+,34-,35+,38-,39-,40-,41+/m0/s1. The van der Waals surface area contributed by atoms with Gasteiger partial charge in [-0.1, -0.05) is 73.1 Å². The van der Waals surface area contributed by atoms with Crippen LogP contribution in [0.3, 0.4) is 0 Å². The topological polar surface area (TPSA) is 174 Å². The summed E-state index contributed by atoms with van der Waals surface area (Å²) in [5.41, 5.74) is 2.20. The highest BCUT2D eigenvalue weighted by molar-refractivity contribution is 6.00. The molecule has 8 atom stereocenters. The monoisotopic (exact) mass is 813 g/mol. The lowest BCUT2D eigenvalue weighted by Crippen LogP contribution is -2.60. The number of aromatic amines is 1. The SMILES string of the molecule is CC[C@H](C)[C@@H]([C@@H](CC(=O)N1CCC[C@H]1[C@H](OC)[C@@H](C)C(=O)NCCc1c[nH]c2ccccc12)OC)N(C)[C@H](C(=O)NC(=O)[C@H](C(C)C)N(C)CCCC(=O)O)C(C)C. The molecular weight excluding hydrogens is 741 g/mol. The highest BCUT2D eigenvalue weighted by atomic mass is 16.5. The molecule has 58 heavy (non-hydrogen) atoms. The fourth-order valence-electron chi connectivity index (χ4n) is 9.05. The van der Waals surface area contributed by atoms with Crippen molar-refractivity contribution < 1.29 is 38.6 Å². The second-order valence-electron chi connectivity index (χ2n) is 16.9.